The zero-order valence-corrected chi connectivity index (χ0v) is 58.2. The van der Waals surface area contributed by atoms with Crippen LogP contribution in [-0.2, 0) is 5.41 Å². The van der Waals surface area contributed by atoms with Crippen molar-refractivity contribution in [2.45, 2.75) is 19.3 Å². The minimum Gasteiger partial charge on any atom is -0.455 e. The third-order valence-electron chi connectivity index (χ3n) is 21.4. The van der Waals surface area contributed by atoms with Crippen LogP contribution < -0.4 is 9.80 Å². The SMILES string of the molecule is CC1(C)c2ccccc2-c2ccc(N(c3ccc(-c4ccc(-c5ccccc5)cc4)cc3)c3ccc(-c4cccc5c4oc4ccccc45)cc3)cc21.c1ccc(-c2cccc3c2oc2c(-c4cccc(N(c5ccc(-c6cccc7ccccc67)cc5)c5cccc6ccccc56)c4)cccc23)cc1. The molecule has 0 spiro atoms. The first-order valence-electron chi connectivity index (χ1n) is 36.1. The third kappa shape index (κ3) is 11.2. The quantitative estimate of drug-likeness (QED) is 0.122. The molecule has 0 saturated heterocycles. The zero-order valence-electron chi connectivity index (χ0n) is 58.2. The Morgan fingerprint density at radius 1 is 0.210 bits per heavy atom. The van der Waals surface area contributed by atoms with Crippen LogP contribution in [-0.4, -0.2) is 0 Å². The molecule has 0 atom stereocenters. The molecule has 2 aromatic heterocycles. The number of rotatable bonds is 12. The van der Waals surface area contributed by atoms with Crippen molar-refractivity contribution in [3.05, 3.63) is 399 Å². The Bertz CT molecular complexity index is 6460. The Morgan fingerprint density at radius 2 is 0.581 bits per heavy atom. The summed E-state index contributed by atoms with van der Waals surface area (Å²) in [6.07, 6.45) is 0. The fourth-order valence-electron chi connectivity index (χ4n) is 16.1. The molecule has 19 aromatic rings. The predicted molar refractivity (Wildman–Crippen MR) is 442 cm³/mol. The van der Waals surface area contributed by atoms with Crippen LogP contribution in [0, 0.1) is 0 Å². The molecule has 4 heteroatoms. The van der Waals surface area contributed by atoms with Crippen molar-refractivity contribution in [3.8, 4) is 77.9 Å². The molecule has 105 heavy (non-hydrogen) atoms. The number of nitrogens with zero attached hydrogens (tertiary/aromatic N) is 2. The average Bonchev–Trinajstić information content (AvgIpc) is 1.62. The monoisotopic (exact) mass is 1340 g/mol. The highest BCUT2D eigenvalue weighted by Crippen LogP contribution is 2.52. The summed E-state index contributed by atoms with van der Waals surface area (Å²) >= 11 is 0. The molecular formula is C101H70N2O2. The van der Waals surface area contributed by atoms with Crippen molar-refractivity contribution in [1.29, 1.82) is 0 Å². The topological polar surface area (TPSA) is 32.8 Å². The Balaban J connectivity index is 0.000000144. The van der Waals surface area contributed by atoms with Gasteiger partial charge in [-0.05, 0) is 161 Å². The van der Waals surface area contributed by atoms with Crippen molar-refractivity contribution < 1.29 is 8.83 Å². The highest BCUT2D eigenvalue weighted by molar-refractivity contribution is 6.14. The smallest absolute Gasteiger partial charge is 0.143 e. The van der Waals surface area contributed by atoms with Gasteiger partial charge in [0.25, 0.3) is 0 Å². The zero-order chi connectivity index (χ0) is 70.0. The molecule has 4 nitrogen and oxygen atoms in total. The van der Waals surface area contributed by atoms with Crippen LogP contribution in [0.25, 0.3) is 143 Å². The molecule has 1 aliphatic rings. The fourth-order valence-corrected chi connectivity index (χ4v) is 16.1. The maximum Gasteiger partial charge on any atom is 0.143 e. The lowest BCUT2D eigenvalue weighted by Gasteiger charge is -2.28. The summed E-state index contributed by atoms with van der Waals surface area (Å²) in [5.74, 6) is 0. The van der Waals surface area contributed by atoms with Crippen molar-refractivity contribution in [2.24, 2.45) is 0 Å². The summed E-state index contributed by atoms with van der Waals surface area (Å²) in [5, 5.41) is 9.42. The second-order valence-corrected chi connectivity index (χ2v) is 27.8. The van der Waals surface area contributed by atoms with Gasteiger partial charge < -0.3 is 18.6 Å². The molecular weight excluding hydrogens is 1270 g/mol. The first-order chi connectivity index (χ1) is 51.8. The van der Waals surface area contributed by atoms with Crippen molar-refractivity contribution in [3.63, 3.8) is 0 Å². The molecule has 2 heterocycles. The standard InChI is InChI=1S/C51H37NO.C50H33NO/c1-51(2)47-17-8-6-13-43(47)44-32-31-41(33-48(44)51)52(39-27-23-37(24-28-39)36-21-19-35(20-22-36)34-11-4-3-5-12-34)40-29-25-38(26-30-40)42-15-10-16-46-45-14-7-9-18-49(45)53-50(42)46;1-2-13-36(14-3-1)44-24-11-26-46-47-27-12-25-45(50(47)52-49(44)46)38-19-8-20-40(33-38)51(48-28-10-18-35-16-5-7-22-43(35)48)39-31-29-37(30-32-39)42-23-9-17-34-15-4-6-21-41(34)42/h3-33H,1-2H3;1-33H. The molecule has 0 aliphatic heterocycles. The molecule has 1 aliphatic carbocycles. The molecule has 0 amide bonds. The Morgan fingerprint density at radius 3 is 1.23 bits per heavy atom. The van der Waals surface area contributed by atoms with Gasteiger partial charge in [-0.3, -0.25) is 0 Å². The summed E-state index contributed by atoms with van der Waals surface area (Å²) in [7, 11) is 0. The van der Waals surface area contributed by atoms with E-state index < -0.39 is 0 Å². The number of anilines is 6. The second kappa shape index (κ2) is 26.1. The number of fused-ring (bicyclic) bond motifs is 11. The van der Waals surface area contributed by atoms with Crippen molar-refractivity contribution in [2.75, 3.05) is 9.80 Å². The summed E-state index contributed by atoms with van der Waals surface area (Å²) in [6, 6.07) is 139. The number of para-hydroxylation sites is 4. The normalized spacial score (nSPS) is 12.2. The summed E-state index contributed by atoms with van der Waals surface area (Å²) < 4.78 is 13.2. The van der Waals surface area contributed by atoms with E-state index in [1.54, 1.807) is 0 Å². The summed E-state index contributed by atoms with van der Waals surface area (Å²) in [6.45, 7) is 4.69. The van der Waals surface area contributed by atoms with Gasteiger partial charge in [0, 0.05) is 77.5 Å². The van der Waals surface area contributed by atoms with Gasteiger partial charge in [0.15, 0.2) is 0 Å². The lowest BCUT2D eigenvalue weighted by molar-refractivity contribution is 0.660. The van der Waals surface area contributed by atoms with Crippen LogP contribution in [0.15, 0.2) is 397 Å². The van der Waals surface area contributed by atoms with E-state index in [2.05, 4.69) is 394 Å². The van der Waals surface area contributed by atoms with Crippen molar-refractivity contribution >= 4 is 99.5 Å². The molecule has 0 saturated carbocycles. The number of furan rings is 2. The van der Waals surface area contributed by atoms with Gasteiger partial charge in [0.05, 0.1) is 5.69 Å². The highest BCUT2D eigenvalue weighted by atomic mass is 16.3. The van der Waals surface area contributed by atoms with E-state index in [9.17, 15) is 0 Å². The van der Waals surface area contributed by atoms with Crippen LogP contribution in [0.5, 0.6) is 0 Å². The van der Waals surface area contributed by atoms with Crippen LogP contribution in [0.1, 0.15) is 25.0 Å². The van der Waals surface area contributed by atoms with E-state index in [0.717, 1.165) is 111 Å². The average molecular weight is 1340 g/mol. The lowest BCUT2D eigenvalue weighted by atomic mass is 9.82. The van der Waals surface area contributed by atoms with E-state index in [1.807, 2.05) is 18.2 Å². The minimum absolute atomic E-state index is 0.0987. The molecule has 0 fully saturated rings. The second-order valence-electron chi connectivity index (χ2n) is 27.8. The molecule has 0 N–H and O–H groups in total. The van der Waals surface area contributed by atoms with Gasteiger partial charge in [0.1, 0.15) is 22.3 Å². The first kappa shape index (κ1) is 62.5. The molecule has 17 aromatic carbocycles. The maximum absolute atomic E-state index is 6.82. The predicted octanol–water partition coefficient (Wildman–Crippen LogP) is 28.7. The first-order valence-corrected chi connectivity index (χ1v) is 36.1. The molecule has 0 radical (unpaired) electrons. The third-order valence-corrected chi connectivity index (χ3v) is 21.4. The van der Waals surface area contributed by atoms with E-state index in [4.69, 9.17) is 8.83 Å². The van der Waals surface area contributed by atoms with Gasteiger partial charge >= 0.3 is 0 Å². The molecule has 0 unspecified atom stereocenters. The van der Waals surface area contributed by atoms with Crippen LogP contribution >= 0.6 is 0 Å². The van der Waals surface area contributed by atoms with Gasteiger partial charge in [-0.15, -0.1) is 0 Å². The number of hydrogen-bond donors (Lipinski definition) is 0. The Hall–Kier alpha value is -13.5. The van der Waals surface area contributed by atoms with Gasteiger partial charge in [-0.2, -0.15) is 0 Å². The lowest BCUT2D eigenvalue weighted by Crippen LogP contribution is -2.16. The summed E-state index contributed by atoms with van der Waals surface area (Å²) in [4.78, 5) is 4.76. The number of hydrogen-bond acceptors (Lipinski definition) is 4. The van der Waals surface area contributed by atoms with E-state index >= 15 is 0 Å². The molecule has 496 valence electrons. The van der Waals surface area contributed by atoms with E-state index in [-0.39, 0.29) is 5.41 Å². The fraction of sp³-hybridized carbons (Fsp3) is 0.0297. The maximum atomic E-state index is 6.82. The van der Waals surface area contributed by atoms with Crippen LogP contribution in [0.2, 0.25) is 0 Å². The summed E-state index contributed by atoms with van der Waals surface area (Å²) in [5.41, 5.74) is 29.4. The van der Waals surface area contributed by atoms with Gasteiger partial charge in [-0.25, -0.2) is 0 Å². The Labute approximate surface area is 610 Å². The van der Waals surface area contributed by atoms with E-state index in [1.165, 1.54) is 77.2 Å². The van der Waals surface area contributed by atoms with Crippen LogP contribution in [0.4, 0.5) is 34.1 Å². The Kier molecular flexibility index (Phi) is 15.5. The number of benzene rings is 17. The van der Waals surface area contributed by atoms with Gasteiger partial charge in [-0.1, -0.05) is 329 Å². The van der Waals surface area contributed by atoms with Crippen LogP contribution in [0.3, 0.4) is 0 Å². The van der Waals surface area contributed by atoms with Crippen molar-refractivity contribution in [1.82, 2.24) is 0 Å². The largest absolute Gasteiger partial charge is 0.455 e. The molecule has 0 bridgehead atoms. The highest BCUT2D eigenvalue weighted by Gasteiger charge is 2.36. The van der Waals surface area contributed by atoms with Gasteiger partial charge in [0.2, 0.25) is 0 Å². The minimum atomic E-state index is -0.0987. The van der Waals surface area contributed by atoms with E-state index in [0.29, 0.717) is 0 Å². The molecule has 20 rings (SSSR count).